The summed E-state index contributed by atoms with van der Waals surface area (Å²) in [6, 6.07) is 3.69. The monoisotopic (exact) mass is 269 g/mol. The van der Waals surface area contributed by atoms with Gasteiger partial charge in [-0.15, -0.1) is 0 Å². The maximum Gasteiger partial charge on any atom is 0.407 e. The van der Waals surface area contributed by atoms with Gasteiger partial charge in [0.15, 0.2) is 11.6 Å². The first-order valence-electron chi connectivity index (χ1n) is 6.18. The summed E-state index contributed by atoms with van der Waals surface area (Å²) in [6.07, 6.45) is -0.424. The van der Waals surface area contributed by atoms with E-state index in [4.69, 9.17) is 9.84 Å². The molecule has 0 saturated carbocycles. The van der Waals surface area contributed by atoms with Gasteiger partial charge in [0.1, 0.15) is 12.2 Å². The van der Waals surface area contributed by atoms with E-state index in [0.29, 0.717) is 13.0 Å². The molecule has 2 saturated heterocycles. The third kappa shape index (κ3) is 2.06. The van der Waals surface area contributed by atoms with Gasteiger partial charge in [-0.25, -0.2) is 13.6 Å². The van der Waals surface area contributed by atoms with Crippen LogP contribution < -0.4 is 0 Å². The van der Waals surface area contributed by atoms with Gasteiger partial charge < -0.3 is 14.7 Å². The smallest absolute Gasteiger partial charge is 0.407 e. The van der Waals surface area contributed by atoms with Crippen molar-refractivity contribution >= 4 is 6.09 Å². The van der Waals surface area contributed by atoms with Crippen molar-refractivity contribution in [3.8, 4) is 0 Å². The summed E-state index contributed by atoms with van der Waals surface area (Å²) in [6.45, 7) is 0.470. The van der Waals surface area contributed by atoms with Crippen LogP contribution in [-0.4, -0.2) is 34.8 Å². The van der Waals surface area contributed by atoms with Crippen LogP contribution in [0.1, 0.15) is 24.5 Å². The lowest BCUT2D eigenvalue weighted by Crippen LogP contribution is -2.37. The number of nitrogens with zero attached hydrogens (tertiary/aromatic N) is 1. The largest absolute Gasteiger partial charge is 0.465 e. The summed E-state index contributed by atoms with van der Waals surface area (Å²) in [5, 5.41) is 9.05. The molecule has 2 heterocycles. The normalized spacial score (nSPS) is 29.6. The minimum atomic E-state index is -0.989. The molecule has 4 nitrogen and oxygen atoms in total. The van der Waals surface area contributed by atoms with Crippen molar-refractivity contribution in [3.05, 3.63) is 35.4 Å². The number of ether oxygens (including phenoxy) is 1. The first-order chi connectivity index (χ1) is 9.09. The lowest BCUT2D eigenvalue weighted by Gasteiger charge is -2.19. The van der Waals surface area contributed by atoms with Gasteiger partial charge in [-0.3, -0.25) is 0 Å². The third-order valence-corrected chi connectivity index (χ3v) is 3.74. The van der Waals surface area contributed by atoms with Gasteiger partial charge in [0.05, 0.1) is 6.04 Å². The molecule has 0 aliphatic carbocycles. The quantitative estimate of drug-likeness (QED) is 0.839. The van der Waals surface area contributed by atoms with Gasteiger partial charge in [0.2, 0.25) is 0 Å². The van der Waals surface area contributed by atoms with Crippen molar-refractivity contribution in [2.75, 3.05) is 6.54 Å². The van der Waals surface area contributed by atoms with Crippen LogP contribution in [0.2, 0.25) is 0 Å². The molecule has 2 fully saturated rings. The molecular weight excluding hydrogens is 256 g/mol. The molecule has 0 bridgehead atoms. The van der Waals surface area contributed by atoms with Gasteiger partial charge in [0.25, 0.3) is 0 Å². The topological polar surface area (TPSA) is 53.1 Å². The van der Waals surface area contributed by atoms with E-state index in [2.05, 4.69) is 0 Å². The van der Waals surface area contributed by atoms with Crippen LogP contribution in [0, 0.1) is 11.6 Å². The summed E-state index contributed by atoms with van der Waals surface area (Å²) in [4.78, 5) is 12.4. The van der Waals surface area contributed by atoms with Gasteiger partial charge in [-0.1, -0.05) is 12.1 Å². The van der Waals surface area contributed by atoms with Crippen molar-refractivity contribution in [3.63, 3.8) is 0 Å². The summed E-state index contributed by atoms with van der Waals surface area (Å²) in [7, 11) is 0. The zero-order valence-electron chi connectivity index (χ0n) is 10.1. The second-order valence-corrected chi connectivity index (χ2v) is 4.85. The first kappa shape index (κ1) is 12.3. The predicted molar refractivity (Wildman–Crippen MR) is 61.7 cm³/mol. The maximum atomic E-state index is 13.6. The Hall–Kier alpha value is -1.69. The number of hydrogen-bond acceptors (Lipinski definition) is 2. The van der Waals surface area contributed by atoms with Gasteiger partial charge in [0, 0.05) is 12.1 Å². The van der Waals surface area contributed by atoms with E-state index in [1.165, 1.54) is 17.0 Å². The van der Waals surface area contributed by atoms with Crippen LogP contribution >= 0.6 is 0 Å². The summed E-state index contributed by atoms with van der Waals surface area (Å²) in [5.41, 5.74) is 0.169. The molecular formula is C13H13F2NO3. The Morgan fingerprint density at radius 3 is 2.95 bits per heavy atom. The highest BCUT2D eigenvalue weighted by atomic mass is 19.2. The molecule has 1 amide bonds. The highest BCUT2D eigenvalue weighted by Gasteiger charge is 2.51. The van der Waals surface area contributed by atoms with E-state index in [0.717, 1.165) is 12.5 Å². The molecule has 1 aromatic rings. The van der Waals surface area contributed by atoms with Gasteiger partial charge in [-0.05, 0) is 18.9 Å². The Morgan fingerprint density at radius 2 is 2.21 bits per heavy atom. The minimum Gasteiger partial charge on any atom is -0.465 e. The Kier molecular flexibility index (Phi) is 2.89. The van der Waals surface area contributed by atoms with E-state index in [9.17, 15) is 13.6 Å². The summed E-state index contributed by atoms with van der Waals surface area (Å²) in [5.74, 6) is -1.82. The summed E-state index contributed by atoms with van der Waals surface area (Å²) < 4.78 is 32.2. The van der Waals surface area contributed by atoms with Crippen molar-refractivity contribution in [1.82, 2.24) is 4.90 Å². The Bertz CT molecular complexity index is 523. The van der Waals surface area contributed by atoms with Crippen LogP contribution in [0.3, 0.4) is 0 Å². The average molecular weight is 269 g/mol. The van der Waals surface area contributed by atoms with Crippen LogP contribution in [0.4, 0.5) is 13.6 Å². The number of benzene rings is 1. The highest BCUT2D eigenvalue weighted by Crippen LogP contribution is 2.45. The lowest BCUT2D eigenvalue weighted by atomic mass is 10.0. The molecule has 2 aliphatic rings. The van der Waals surface area contributed by atoms with Crippen LogP contribution in [-0.2, 0) is 4.74 Å². The minimum absolute atomic E-state index is 0.169. The molecule has 102 valence electrons. The third-order valence-electron chi connectivity index (χ3n) is 3.74. The van der Waals surface area contributed by atoms with E-state index in [1.54, 1.807) is 0 Å². The molecule has 0 spiro atoms. The second-order valence-electron chi connectivity index (χ2n) is 4.85. The number of epoxide rings is 1. The standard InChI is InChI=1S/C13H13F2NO3/c14-8-4-1-3-7(10(8)15)11-12(19-11)9-5-2-6-16(9)13(17)18/h1,3-4,9,11-12H,2,5-6H2,(H,17,18)/t9-,11+,12+/m1/s1. The fraction of sp³-hybridized carbons (Fsp3) is 0.462. The van der Waals surface area contributed by atoms with Crippen molar-refractivity contribution < 1.29 is 23.4 Å². The Morgan fingerprint density at radius 1 is 1.42 bits per heavy atom. The lowest BCUT2D eigenvalue weighted by molar-refractivity contribution is 0.132. The molecule has 1 aromatic carbocycles. The molecule has 19 heavy (non-hydrogen) atoms. The van der Waals surface area contributed by atoms with Crippen molar-refractivity contribution in [2.45, 2.75) is 31.1 Å². The molecule has 3 atom stereocenters. The van der Waals surface area contributed by atoms with E-state index in [1.807, 2.05) is 0 Å². The maximum absolute atomic E-state index is 13.6. The number of likely N-dealkylation sites (tertiary alicyclic amines) is 1. The van der Waals surface area contributed by atoms with Crippen LogP contribution in [0.5, 0.6) is 0 Å². The Labute approximate surface area is 108 Å². The average Bonchev–Trinajstić information content (AvgIpc) is 2.99. The molecule has 0 unspecified atom stereocenters. The zero-order valence-corrected chi connectivity index (χ0v) is 10.1. The second kappa shape index (κ2) is 4.45. The molecule has 2 aliphatic heterocycles. The molecule has 0 aromatic heterocycles. The zero-order chi connectivity index (χ0) is 13.6. The fourth-order valence-corrected chi connectivity index (χ4v) is 2.78. The SMILES string of the molecule is O=C(O)N1CCC[C@@H]1[C@@H]1O[C@H]1c1cccc(F)c1F. The fourth-order valence-electron chi connectivity index (χ4n) is 2.78. The van der Waals surface area contributed by atoms with Crippen LogP contribution in [0.15, 0.2) is 18.2 Å². The van der Waals surface area contributed by atoms with E-state index in [-0.39, 0.29) is 17.7 Å². The number of carbonyl (C=O) groups is 1. The van der Waals surface area contributed by atoms with E-state index < -0.39 is 23.8 Å². The number of halogens is 2. The molecule has 0 radical (unpaired) electrons. The summed E-state index contributed by atoms with van der Waals surface area (Å²) >= 11 is 0. The molecule has 1 N–H and O–H groups in total. The number of amides is 1. The highest BCUT2D eigenvalue weighted by molar-refractivity contribution is 5.66. The number of rotatable bonds is 2. The number of carboxylic acid groups (broad SMARTS) is 1. The predicted octanol–water partition coefficient (Wildman–Crippen LogP) is 2.55. The Balaban J connectivity index is 1.77. The van der Waals surface area contributed by atoms with Crippen molar-refractivity contribution in [2.24, 2.45) is 0 Å². The molecule has 6 heteroatoms. The first-order valence-corrected chi connectivity index (χ1v) is 6.18. The van der Waals surface area contributed by atoms with E-state index >= 15 is 0 Å². The van der Waals surface area contributed by atoms with Crippen molar-refractivity contribution in [1.29, 1.82) is 0 Å². The molecule has 3 rings (SSSR count). The van der Waals surface area contributed by atoms with Crippen LogP contribution in [0.25, 0.3) is 0 Å². The van der Waals surface area contributed by atoms with Gasteiger partial charge in [-0.2, -0.15) is 0 Å². The number of hydrogen-bond donors (Lipinski definition) is 1. The van der Waals surface area contributed by atoms with Gasteiger partial charge >= 0.3 is 6.09 Å².